The lowest BCUT2D eigenvalue weighted by Crippen LogP contribution is -2.18. The molecule has 17 heavy (non-hydrogen) atoms. The van der Waals surface area contributed by atoms with Crippen LogP contribution < -0.4 is 10.9 Å². The Hall–Kier alpha value is -2.50. The van der Waals surface area contributed by atoms with Gasteiger partial charge < -0.3 is 10.3 Å². The first kappa shape index (κ1) is 11.0. The number of nitrogens with zero attached hydrogens (tertiary/aromatic N) is 1. The fourth-order valence-corrected chi connectivity index (χ4v) is 1.24. The number of anilines is 1. The summed E-state index contributed by atoms with van der Waals surface area (Å²) >= 11 is 0. The van der Waals surface area contributed by atoms with Gasteiger partial charge in [-0.1, -0.05) is 12.1 Å². The van der Waals surface area contributed by atoms with Gasteiger partial charge in [-0.3, -0.25) is 9.59 Å². The van der Waals surface area contributed by atoms with Gasteiger partial charge in [-0.2, -0.15) is 0 Å². The SMILES string of the molecule is O=C(Nc1ccccc1F)c1cc(=O)[nH]cn1. The summed E-state index contributed by atoms with van der Waals surface area (Å²) in [7, 11) is 0. The second-order valence-electron chi connectivity index (χ2n) is 3.23. The highest BCUT2D eigenvalue weighted by Crippen LogP contribution is 2.12. The molecule has 0 aliphatic rings. The Kier molecular flexibility index (Phi) is 2.95. The van der Waals surface area contributed by atoms with Gasteiger partial charge in [0.15, 0.2) is 0 Å². The predicted molar refractivity (Wildman–Crippen MR) is 59.2 cm³/mol. The van der Waals surface area contributed by atoms with E-state index in [1.165, 1.54) is 18.2 Å². The van der Waals surface area contributed by atoms with Crippen molar-refractivity contribution in [3.63, 3.8) is 0 Å². The third kappa shape index (κ3) is 2.54. The number of hydrogen-bond donors (Lipinski definition) is 2. The number of halogens is 1. The first-order chi connectivity index (χ1) is 8.16. The molecule has 0 saturated carbocycles. The zero-order valence-corrected chi connectivity index (χ0v) is 8.61. The quantitative estimate of drug-likeness (QED) is 0.817. The van der Waals surface area contributed by atoms with E-state index in [9.17, 15) is 14.0 Å². The van der Waals surface area contributed by atoms with Crippen LogP contribution >= 0.6 is 0 Å². The summed E-state index contributed by atoms with van der Waals surface area (Å²) in [6.45, 7) is 0. The molecule has 6 heteroatoms. The van der Waals surface area contributed by atoms with Crippen LogP contribution in [0.15, 0.2) is 41.5 Å². The van der Waals surface area contributed by atoms with E-state index in [-0.39, 0.29) is 11.4 Å². The van der Waals surface area contributed by atoms with Gasteiger partial charge in [0.1, 0.15) is 11.5 Å². The molecule has 5 nitrogen and oxygen atoms in total. The fourth-order valence-electron chi connectivity index (χ4n) is 1.24. The van der Waals surface area contributed by atoms with Gasteiger partial charge in [-0.05, 0) is 12.1 Å². The van der Waals surface area contributed by atoms with Crippen molar-refractivity contribution < 1.29 is 9.18 Å². The van der Waals surface area contributed by atoms with Crippen LogP contribution in [0.4, 0.5) is 10.1 Å². The number of carbonyl (C=O) groups is 1. The highest BCUT2D eigenvalue weighted by Gasteiger charge is 2.10. The normalized spacial score (nSPS) is 9.94. The lowest BCUT2D eigenvalue weighted by Gasteiger charge is -2.04. The molecule has 2 rings (SSSR count). The standard InChI is InChI=1S/C11H8FN3O2/c12-7-3-1-2-4-8(7)15-11(17)9-5-10(16)14-6-13-9/h1-6H,(H,15,17)(H,13,14,16). The van der Waals surface area contributed by atoms with E-state index in [1.54, 1.807) is 6.07 Å². The Balaban J connectivity index is 2.23. The Bertz CT molecular complexity index is 609. The van der Waals surface area contributed by atoms with E-state index in [0.717, 1.165) is 12.4 Å². The van der Waals surface area contributed by atoms with E-state index < -0.39 is 17.3 Å². The molecule has 0 saturated heterocycles. The molecule has 0 unspecified atom stereocenters. The molecule has 1 aromatic carbocycles. The predicted octanol–water partition coefficient (Wildman–Crippen LogP) is 1.16. The molecule has 2 N–H and O–H groups in total. The average molecular weight is 233 g/mol. The summed E-state index contributed by atoms with van der Waals surface area (Å²) in [6, 6.07) is 6.78. The second-order valence-corrected chi connectivity index (χ2v) is 3.23. The minimum absolute atomic E-state index is 0.0413. The summed E-state index contributed by atoms with van der Waals surface area (Å²) < 4.78 is 13.2. The highest BCUT2D eigenvalue weighted by atomic mass is 19.1. The Morgan fingerprint density at radius 3 is 2.82 bits per heavy atom. The fraction of sp³-hybridized carbons (Fsp3) is 0. The molecule has 0 aliphatic carbocycles. The molecule has 0 atom stereocenters. The molecule has 2 aromatic rings. The van der Waals surface area contributed by atoms with Crippen LogP contribution in [-0.4, -0.2) is 15.9 Å². The smallest absolute Gasteiger partial charge is 0.274 e. The third-order valence-corrected chi connectivity index (χ3v) is 2.03. The van der Waals surface area contributed by atoms with Crippen LogP contribution in [0.1, 0.15) is 10.5 Å². The summed E-state index contributed by atoms with van der Waals surface area (Å²) in [5.41, 5.74) is -0.477. The molecular weight excluding hydrogens is 225 g/mol. The van der Waals surface area contributed by atoms with Crippen LogP contribution in [0.5, 0.6) is 0 Å². The van der Waals surface area contributed by atoms with Gasteiger partial charge in [-0.25, -0.2) is 9.37 Å². The number of carbonyl (C=O) groups excluding carboxylic acids is 1. The number of aromatic amines is 1. The molecule has 0 radical (unpaired) electrons. The third-order valence-electron chi connectivity index (χ3n) is 2.03. The zero-order chi connectivity index (χ0) is 12.3. The first-order valence-corrected chi connectivity index (χ1v) is 4.77. The molecule has 86 valence electrons. The van der Waals surface area contributed by atoms with Crippen molar-refractivity contribution in [2.24, 2.45) is 0 Å². The second kappa shape index (κ2) is 4.56. The number of benzene rings is 1. The number of hydrogen-bond acceptors (Lipinski definition) is 3. The van der Waals surface area contributed by atoms with E-state index in [0.29, 0.717) is 0 Å². The summed E-state index contributed by atoms with van der Waals surface area (Å²) in [6.07, 6.45) is 1.11. The minimum Gasteiger partial charge on any atom is -0.318 e. The van der Waals surface area contributed by atoms with Gasteiger partial charge in [0.2, 0.25) is 0 Å². The van der Waals surface area contributed by atoms with E-state index in [4.69, 9.17) is 0 Å². The van der Waals surface area contributed by atoms with E-state index in [1.807, 2.05) is 0 Å². The molecule has 0 spiro atoms. The summed E-state index contributed by atoms with van der Waals surface area (Å²) in [4.78, 5) is 28.5. The van der Waals surface area contributed by atoms with Crippen molar-refractivity contribution in [3.8, 4) is 0 Å². The molecule has 1 aromatic heterocycles. The minimum atomic E-state index is -0.638. The van der Waals surface area contributed by atoms with Crippen molar-refractivity contribution in [3.05, 3.63) is 58.5 Å². The van der Waals surface area contributed by atoms with E-state index >= 15 is 0 Å². The van der Waals surface area contributed by atoms with Gasteiger partial charge in [-0.15, -0.1) is 0 Å². The molecule has 1 heterocycles. The number of rotatable bonds is 2. The highest BCUT2D eigenvalue weighted by molar-refractivity contribution is 6.02. The Morgan fingerprint density at radius 1 is 1.35 bits per heavy atom. The summed E-state index contributed by atoms with van der Waals surface area (Å²) in [5.74, 6) is -1.19. The topological polar surface area (TPSA) is 74.8 Å². The molecule has 0 aliphatic heterocycles. The maximum atomic E-state index is 13.2. The van der Waals surface area contributed by atoms with Crippen LogP contribution in [0.2, 0.25) is 0 Å². The Morgan fingerprint density at radius 2 is 2.12 bits per heavy atom. The van der Waals surface area contributed by atoms with Crippen LogP contribution in [0.25, 0.3) is 0 Å². The lowest BCUT2D eigenvalue weighted by molar-refractivity contribution is 0.102. The lowest BCUT2D eigenvalue weighted by atomic mass is 10.3. The van der Waals surface area contributed by atoms with Crippen molar-refractivity contribution in [1.82, 2.24) is 9.97 Å². The number of para-hydroxylation sites is 1. The number of aromatic nitrogens is 2. The maximum absolute atomic E-state index is 13.2. The first-order valence-electron chi connectivity index (χ1n) is 4.77. The Labute approximate surface area is 95.3 Å². The van der Waals surface area contributed by atoms with Gasteiger partial charge in [0, 0.05) is 6.07 Å². The van der Waals surface area contributed by atoms with Crippen LogP contribution in [0, 0.1) is 5.82 Å². The van der Waals surface area contributed by atoms with Crippen molar-refractivity contribution in [2.75, 3.05) is 5.32 Å². The van der Waals surface area contributed by atoms with E-state index in [2.05, 4.69) is 15.3 Å². The number of H-pyrrole nitrogens is 1. The maximum Gasteiger partial charge on any atom is 0.274 e. The van der Waals surface area contributed by atoms with Crippen LogP contribution in [-0.2, 0) is 0 Å². The largest absolute Gasteiger partial charge is 0.318 e. The molecule has 0 fully saturated rings. The van der Waals surface area contributed by atoms with Crippen molar-refractivity contribution >= 4 is 11.6 Å². The number of amides is 1. The van der Waals surface area contributed by atoms with Crippen molar-refractivity contribution in [1.29, 1.82) is 0 Å². The van der Waals surface area contributed by atoms with Crippen LogP contribution in [0.3, 0.4) is 0 Å². The average Bonchev–Trinajstić information content (AvgIpc) is 2.32. The zero-order valence-electron chi connectivity index (χ0n) is 8.61. The van der Waals surface area contributed by atoms with Crippen molar-refractivity contribution in [2.45, 2.75) is 0 Å². The number of nitrogens with one attached hydrogen (secondary N) is 2. The van der Waals surface area contributed by atoms with Gasteiger partial charge >= 0.3 is 0 Å². The monoisotopic (exact) mass is 233 g/mol. The summed E-state index contributed by atoms with van der Waals surface area (Å²) in [5, 5.41) is 2.32. The van der Waals surface area contributed by atoms with Gasteiger partial charge in [0.25, 0.3) is 11.5 Å². The molecule has 0 bridgehead atoms. The molecule has 1 amide bonds. The molecular formula is C11H8FN3O2. The van der Waals surface area contributed by atoms with Gasteiger partial charge in [0.05, 0.1) is 12.0 Å².